The van der Waals surface area contributed by atoms with Crippen LogP contribution >= 0.6 is 0 Å². The Kier molecular flexibility index (Phi) is 5.23. The Bertz CT molecular complexity index is 908. The molecule has 0 unspecified atom stereocenters. The molecule has 0 radical (unpaired) electrons. The number of non-ortho nitro benzene ring substituents is 1. The summed E-state index contributed by atoms with van der Waals surface area (Å²) in [5, 5.41) is 17.7. The van der Waals surface area contributed by atoms with E-state index >= 15 is 0 Å². The molecule has 1 aromatic heterocycles. The molecule has 1 amide bonds. The average molecular weight is 352 g/mol. The number of carbonyl (C=O) groups is 1. The first-order valence-electron chi connectivity index (χ1n) is 7.84. The van der Waals surface area contributed by atoms with Gasteiger partial charge < -0.3 is 10.1 Å². The van der Waals surface area contributed by atoms with Crippen LogP contribution in [0.4, 0.5) is 11.5 Å². The summed E-state index contributed by atoms with van der Waals surface area (Å²) in [4.78, 5) is 22.3. The van der Waals surface area contributed by atoms with Gasteiger partial charge in [-0.15, -0.1) is 0 Å². The molecule has 0 saturated carbocycles. The van der Waals surface area contributed by atoms with Crippen LogP contribution in [0.2, 0.25) is 0 Å². The molecular formula is C18H16N4O4. The number of hydrogen-bond donors (Lipinski definition) is 1. The highest BCUT2D eigenvalue weighted by Crippen LogP contribution is 2.19. The quantitative estimate of drug-likeness (QED) is 0.521. The second-order valence-corrected chi connectivity index (χ2v) is 5.45. The molecule has 1 heterocycles. The van der Waals surface area contributed by atoms with Gasteiger partial charge >= 0.3 is 0 Å². The fourth-order valence-electron chi connectivity index (χ4n) is 2.34. The molecule has 132 valence electrons. The molecule has 0 atom stereocenters. The zero-order chi connectivity index (χ0) is 18.4. The number of rotatable bonds is 7. The van der Waals surface area contributed by atoms with E-state index in [0.717, 1.165) is 5.56 Å². The maximum atomic E-state index is 12.1. The molecule has 0 fully saturated rings. The largest absolute Gasteiger partial charge is 0.484 e. The molecule has 0 spiro atoms. The predicted octanol–water partition coefficient (Wildman–Crippen LogP) is 2.86. The summed E-state index contributed by atoms with van der Waals surface area (Å²) in [7, 11) is 0. The standard InChI is InChI=1S/C18H16N4O4/c23-18(13-26-16-8-4-7-15(11-16)22(24)25)20-17-9-10-19-21(17)12-14-5-2-1-3-6-14/h1-11H,12-13H2,(H,20,23). The van der Waals surface area contributed by atoms with Crippen LogP contribution in [0, 0.1) is 10.1 Å². The predicted molar refractivity (Wildman–Crippen MR) is 95.0 cm³/mol. The second-order valence-electron chi connectivity index (χ2n) is 5.45. The first-order chi connectivity index (χ1) is 12.6. The van der Waals surface area contributed by atoms with Crippen LogP contribution in [0.3, 0.4) is 0 Å². The number of hydrogen-bond acceptors (Lipinski definition) is 5. The van der Waals surface area contributed by atoms with Gasteiger partial charge in [0.15, 0.2) is 6.61 Å². The average Bonchev–Trinajstić information content (AvgIpc) is 3.07. The molecule has 0 aliphatic rings. The fourth-order valence-corrected chi connectivity index (χ4v) is 2.34. The van der Waals surface area contributed by atoms with Crippen molar-refractivity contribution in [2.75, 3.05) is 11.9 Å². The van der Waals surface area contributed by atoms with Crippen molar-refractivity contribution < 1.29 is 14.5 Å². The lowest BCUT2D eigenvalue weighted by atomic mass is 10.2. The molecule has 3 rings (SSSR count). The third-order valence-corrected chi connectivity index (χ3v) is 3.56. The van der Waals surface area contributed by atoms with Gasteiger partial charge in [-0.05, 0) is 11.6 Å². The van der Waals surface area contributed by atoms with Crippen molar-refractivity contribution in [2.24, 2.45) is 0 Å². The molecule has 26 heavy (non-hydrogen) atoms. The van der Waals surface area contributed by atoms with Crippen molar-refractivity contribution in [3.63, 3.8) is 0 Å². The molecule has 2 aromatic carbocycles. The highest BCUT2D eigenvalue weighted by atomic mass is 16.6. The normalized spacial score (nSPS) is 10.3. The Morgan fingerprint density at radius 2 is 1.96 bits per heavy atom. The van der Waals surface area contributed by atoms with E-state index in [2.05, 4.69) is 10.4 Å². The van der Waals surface area contributed by atoms with E-state index in [0.29, 0.717) is 12.4 Å². The molecule has 3 aromatic rings. The van der Waals surface area contributed by atoms with Crippen LogP contribution in [0.25, 0.3) is 0 Å². The third kappa shape index (κ3) is 4.44. The van der Waals surface area contributed by atoms with Crippen molar-refractivity contribution >= 4 is 17.4 Å². The number of nitrogens with zero attached hydrogens (tertiary/aromatic N) is 3. The third-order valence-electron chi connectivity index (χ3n) is 3.56. The van der Waals surface area contributed by atoms with E-state index in [1.54, 1.807) is 23.0 Å². The number of nitro benzene ring substituents is 1. The van der Waals surface area contributed by atoms with Gasteiger partial charge in [-0.2, -0.15) is 5.10 Å². The van der Waals surface area contributed by atoms with E-state index in [4.69, 9.17) is 4.74 Å². The summed E-state index contributed by atoms with van der Waals surface area (Å²) in [6.45, 7) is 0.257. The van der Waals surface area contributed by atoms with Gasteiger partial charge in [0, 0.05) is 12.1 Å². The van der Waals surface area contributed by atoms with Gasteiger partial charge in [-0.3, -0.25) is 14.9 Å². The van der Waals surface area contributed by atoms with Crippen molar-refractivity contribution in [2.45, 2.75) is 6.54 Å². The van der Waals surface area contributed by atoms with Gasteiger partial charge in [0.25, 0.3) is 11.6 Å². The second kappa shape index (κ2) is 7.93. The minimum absolute atomic E-state index is 0.0937. The van der Waals surface area contributed by atoms with Gasteiger partial charge in [-0.25, -0.2) is 4.68 Å². The minimum atomic E-state index is -0.519. The number of aromatic nitrogens is 2. The Balaban J connectivity index is 1.58. The number of benzene rings is 2. The van der Waals surface area contributed by atoms with Crippen LogP contribution in [0.1, 0.15) is 5.56 Å². The lowest BCUT2D eigenvalue weighted by Crippen LogP contribution is -2.22. The highest BCUT2D eigenvalue weighted by molar-refractivity contribution is 5.91. The Morgan fingerprint density at radius 1 is 1.15 bits per heavy atom. The summed E-state index contributed by atoms with van der Waals surface area (Å²) >= 11 is 0. The molecule has 8 nitrogen and oxygen atoms in total. The van der Waals surface area contributed by atoms with Gasteiger partial charge in [0.05, 0.1) is 23.7 Å². The SMILES string of the molecule is O=C(COc1cccc([N+](=O)[O-])c1)Nc1ccnn1Cc1ccccc1. The molecule has 0 aliphatic carbocycles. The summed E-state index contributed by atoms with van der Waals surface area (Å²) in [5.74, 6) is 0.417. The minimum Gasteiger partial charge on any atom is -0.484 e. The van der Waals surface area contributed by atoms with E-state index < -0.39 is 4.92 Å². The Hall–Kier alpha value is -3.68. The van der Waals surface area contributed by atoms with Crippen LogP contribution in [-0.4, -0.2) is 27.2 Å². The van der Waals surface area contributed by atoms with Gasteiger partial charge in [0.1, 0.15) is 11.6 Å². The van der Waals surface area contributed by atoms with E-state index in [-0.39, 0.29) is 24.0 Å². The fraction of sp³-hybridized carbons (Fsp3) is 0.111. The Labute approximate surface area is 149 Å². The van der Waals surface area contributed by atoms with E-state index in [9.17, 15) is 14.9 Å². The summed E-state index contributed by atoms with van der Waals surface area (Å²) in [5.41, 5.74) is 0.961. The number of nitrogens with one attached hydrogen (secondary N) is 1. The first-order valence-corrected chi connectivity index (χ1v) is 7.84. The Morgan fingerprint density at radius 3 is 2.73 bits per heavy atom. The van der Waals surface area contributed by atoms with Gasteiger partial charge in [0.2, 0.25) is 0 Å². The zero-order valence-corrected chi connectivity index (χ0v) is 13.7. The van der Waals surface area contributed by atoms with Crippen molar-refractivity contribution in [3.05, 3.63) is 82.5 Å². The first kappa shape index (κ1) is 17.2. The van der Waals surface area contributed by atoms with Crippen LogP contribution in [0.5, 0.6) is 5.75 Å². The number of ether oxygens (including phenoxy) is 1. The highest BCUT2D eigenvalue weighted by Gasteiger charge is 2.10. The lowest BCUT2D eigenvalue weighted by molar-refractivity contribution is -0.384. The number of amides is 1. The molecule has 0 aliphatic heterocycles. The monoisotopic (exact) mass is 352 g/mol. The van der Waals surface area contributed by atoms with Crippen molar-refractivity contribution in [3.8, 4) is 5.75 Å². The van der Waals surface area contributed by atoms with Crippen LogP contribution < -0.4 is 10.1 Å². The summed E-state index contributed by atoms with van der Waals surface area (Å²) < 4.78 is 6.99. The molecule has 1 N–H and O–H groups in total. The lowest BCUT2D eigenvalue weighted by Gasteiger charge is -2.10. The van der Waals surface area contributed by atoms with Crippen LogP contribution in [0.15, 0.2) is 66.9 Å². The van der Waals surface area contributed by atoms with Crippen LogP contribution in [-0.2, 0) is 11.3 Å². The topological polar surface area (TPSA) is 99.3 Å². The van der Waals surface area contributed by atoms with Gasteiger partial charge in [-0.1, -0.05) is 36.4 Å². The maximum Gasteiger partial charge on any atom is 0.273 e. The zero-order valence-electron chi connectivity index (χ0n) is 13.7. The van der Waals surface area contributed by atoms with E-state index in [1.807, 2.05) is 30.3 Å². The van der Waals surface area contributed by atoms with Crippen molar-refractivity contribution in [1.82, 2.24) is 9.78 Å². The number of anilines is 1. The number of nitro groups is 1. The number of carbonyl (C=O) groups excluding carboxylic acids is 1. The summed E-state index contributed by atoms with van der Waals surface area (Å²) in [6.07, 6.45) is 1.60. The van der Waals surface area contributed by atoms with Crippen molar-refractivity contribution in [1.29, 1.82) is 0 Å². The molecular weight excluding hydrogens is 336 g/mol. The van der Waals surface area contributed by atoms with E-state index in [1.165, 1.54) is 18.2 Å². The molecule has 8 heteroatoms. The maximum absolute atomic E-state index is 12.1. The molecule has 0 bridgehead atoms. The molecule has 0 saturated heterocycles. The summed E-state index contributed by atoms with van der Waals surface area (Å²) in [6, 6.07) is 17.1. The smallest absolute Gasteiger partial charge is 0.273 e.